The molecule has 1 aliphatic carbocycles. The van der Waals surface area contributed by atoms with Crippen molar-refractivity contribution in [2.75, 3.05) is 6.54 Å². The maximum atomic E-state index is 12.4. The Morgan fingerprint density at radius 3 is 2.31 bits per heavy atom. The van der Waals surface area contributed by atoms with Gasteiger partial charge in [0.1, 0.15) is 0 Å². The van der Waals surface area contributed by atoms with E-state index in [4.69, 9.17) is 5.73 Å². The van der Waals surface area contributed by atoms with Crippen LogP contribution in [0, 0.1) is 0 Å². The van der Waals surface area contributed by atoms with Crippen molar-refractivity contribution >= 4 is 10.0 Å². The molecule has 2 fully saturated rings. The van der Waals surface area contributed by atoms with Gasteiger partial charge in [-0.3, -0.25) is 0 Å². The number of nitrogens with two attached hydrogens (primary N) is 1. The summed E-state index contributed by atoms with van der Waals surface area (Å²) >= 11 is 0. The zero-order valence-electron chi connectivity index (χ0n) is 10.1. The molecule has 1 aliphatic heterocycles. The van der Waals surface area contributed by atoms with Gasteiger partial charge in [-0.05, 0) is 39.5 Å². The molecule has 2 N–H and O–H groups in total. The third-order valence-corrected chi connectivity index (χ3v) is 6.79. The SMILES string of the molecule is CC1(C)C(N)CCCN1S(=O)(=O)C1CCC1. The first-order valence-corrected chi connectivity index (χ1v) is 7.64. The van der Waals surface area contributed by atoms with E-state index in [-0.39, 0.29) is 11.3 Å². The predicted molar refractivity (Wildman–Crippen MR) is 64.6 cm³/mol. The molecule has 0 aromatic carbocycles. The van der Waals surface area contributed by atoms with Gasteiger partial charge >= 0.3 is 0 Å². The van der Waals surface area contributed by atoms with E-state index < -0.39 is 15.6 Å². The molecule has 1 atom stereocenters. The second-order valence-corrected chi connectivity index (χ2v) is 7.71. The lowest BCUT2D eigenvalue weighted by atomic mass is 9.88. The van der Waals surface area contributed by atoms with Gasteiger partial charge in [-0.2, -0.15) is 4.31 Å². The Bertz CT molecular complexity index is 360. The zero-order valence-corrected chi connectivity index (χ0v) is 11.0. The van der Waals surface area contributed by atoms with Crippen LogP contribution in [0.4, 0.5) is 0 Å². The highest BCUT2D eigenvalue weighted by atomic mass is 32.2. The molecule has 0 aromatic rings. The van der Waals surface area contributed by atoms with Crippen molar-refractivity contribution in [3.05, 3.63) is 0 Å². The van der Waals surface area contributed by atoms with E-state index in [0.717, 1.165) is 32.1 Å². The van der Waals surface area contributed by atoms with Crippen molar-refractivity contribution in [2.24, 2.45) is 5.73 Å². The van der Waals surface area contributed by atoms with Crippen LogP contribution in [0.5, 0.6) is 0 Å². The van der Waals surface area contributed by atoms with E-state index in [1.165, 1.54) is 0 Å². The second kappa shape index (κ2) is 3.96. The maximum Gasteiger partial charge on any atom is 0.217 e. The van der Waals surface area contributed by atoms with Crippen molar-refractivity contribution in [1.82, 2.24) is 4.31 Å². The van der Waals surface area contributed by atoms with E-state index >= 15 is 0 Å². The van der Waals surface area contributed by atoms with Gasteiger partial charge in [0.05, 0.1) is 5.25 Å². The summed E-state index contributed by atoms with van der Waals surface area (Å²) in [6, 6.07) is -0.0453. The fourth-order valence-corrected chi connectivity index (χ4v) is 5.05. The molecule has 2 aliphatic rings. The monoisotopic (exact) mass is 246 g/mol. The van der Waals surface area contributed by atoms with Gasteiger partial charge in [0.15, 0.2) is 0 Å². The molecular weight excluding hydrogens is 224 g/mol. The number of hydrogen-bond donors (Lipinski definition) is 1. The van der Waals surface area contributed by atoms with E-state index in [0.29, 0.717) is 6.54 Å². The van der Waals surface area contributed by atoms with Crippen LogP contribution in [0.25, 0.3) is 0 Å². The standard InChI is InChI=1S/C11H22N2O2S/c1-11(2)10(12)7-4-8-13(11)16(14,15)9-5-3-6-9/h9-10H,3-8,12H2,1-2H3. The Morgan fingerprint density at radius 1 is 1.19 bits per heavy atom. The summed E-state index contributed by atoms with van der Waals surface area (Å²) in [5.74, 6) is 0. The summed E-state index contributed by atoms with van der Waals surface area (Å²) in [6.07, 6.45) is 4.50. The van der Waals surface area contributed by atoms with E-state index in [2.05, 4.69) is 0 Å². The molecule has 16 heavy (non-hydrogen) atoms. The lowest BCUT2D eigenvalue weighted by Crippen LogP contribution is -2.63. The molecule has 94 valence electrons. The largest absolute Gasteiger partial charge is 0.326 e. The number of hydrogen-bond acceptors (Lipinski definition) is 3. The minimum atomic E-state index is -3.11. The van der Waals surface area contributed by atoms with Crippen LogP contribution in [-0.4, -0.2) is 36.1 Å². The summed E-state index contributed by atoms with van der Waals surface area (Å²) < 4.78 is 26.5. The van der Waals surface area contributed by atoms with Crippen molar-refractivity contribution in [2.45, 2.75) is 62.8 Å². The van der Waals surface area contributed by atoms with Gasteiger partial charge in [0.2, 0.25) is 10.0 Å². The summed E-state index contributed by atoms with van der Waals surface area (Å²) in [5.41, 5.74) is 5.63. The predicted octanol–water partition coefficient (Wildman–Crippen LogP) is 1.07. The van der Waals surface area contributed by atoms with Gasteiger partial charge in [0.25, 0.3) is 0 Å². The average molecular weight is 246 g/mol. The van der Waals surface area contributed by atoms with Crippen molar-refractivity contribution in [1.29, 1.82) is 0 Å². The minimum absolute atomic E-state index is 0.0453. The molecule has 1 saturated carbocycles. The van der Waals surface area contributed by atoms with Gasteiger partial charge in [-0.15, -0.1) is 0 Å². The fourth-order valence-electron chi connectivity index (χ4n) is 2.58. The lowest BCUT2D eigenvalue weighted by Gasteiger charge is -2.47. The Balaban J connectivity index is 2.25. The average Bonchev–Trinajstić information content (AvgIpc) is 2.05. The highest BCUT2D eigenvalue weighted by Gasteiger charge is 2.46. The summed E-state index contributed by atoms with van der Waals surface area (Å²) in [5, 5.41) is -0.142. The Kier molecular flexibility index (Phi) is 3.05. The van der Waals surface area contributed by atoms with Gasteiger partial charge in [0, 0.05) is 18.1 Å². The van der Waals surface area contributed by atoms with E-state index in [9.17, 15) is 8.42 Å². The second-order valence-electron chi connectivity index (χ2n) is 5.57. The first-order chi connectivity index (χ1) is 7.37. The molecule has 1 unspecified atom stereocenters. The topological polar surface area (TPSA) is 63.4 Å². The molecule has 0 bridgehead atoms. The normalized spacial score (nSPS) is 32.3. The number of rotatable bonds is 2. The van der Waals surface area contributed by atoms with Crippen LogP contribution in [0.15, 0.2) is 0 Å². The van der Waals surface area contributed by atoms with Crippen LogP contribution in [0.2, 0.25) is 0 Å². The molecule has 0 aromatic heterocycles. The van der Waals surface area contributed by atoms with Crippen LogP contribution < -0.4 is 5.73 Å². The van der Waals surface area contributed by atoms with Crippen LogP contribution in [-0.2, 0) is 10.0 Å². The molecule has 0 spiro atoms. The van der Waals surface area contributed by atoms with Crippen molar-refractivity contribution < 1.29 is 8.42 Å². The Hall–Kier alpha value is -0.130. The molecule has 4 nitrogen and oxygen atoms in total. The van der Waals surface area contributed by atoms with Gasteiger partial charge in [-0.25, -0.2) is 8.42 Å². The third-order valence-electron chi connectivity index (χ3n) is 4.21. The number of nitrogens with zero attached hydrogens (tertiary/aromatic N) is 1. The van der Waals surface area contributed by atoms with Crippen LogP contribution in [0.3, 0.4) is 0 Å². The summed E-state index contributed by atoms with van der Waals surface area (Å²) in [7, 11) is -3.11. The van der Waals surface area contributed by atoms with E-state index in [1.54, 1.807) is 4.31 Å². The quantitative estimate of drug-likeness (QED) is 0.792. The van der Waals surface area contributed by atoms with Crippen LogP contribution >= 0.6 is 0 Å². The Labute approximate surface area is 98.2 Å². The smallest absolute Gasteiger partial charge is 0.217 e. The molecule has 0 radical (unpaired) electrons. The van der Waals surface area contributed by atoms with Crippen molar-refractivity contribution in [3.8, 4) is 0 Å². The molecule has 1 saturated heterocycles. The number of piperidine rings is 1. The minimum Gasteiger partial charge on any atom is -0.326 e. The fraction of sp³-hybridized carbons (Fsp3) is 1.00. The first kappa shape index (κ1) is 12.3. The first-order valence-electron chi connectivity index (χ1n) is 6.14. The molecule has 0 amide bonds. The summed E-state index contributed by atoms with van der Waals surface area (Å²) in [6.45, 7) is 4.54. The van der Waals surface area contributed by atoms with E-state index in [1.807, 2.05) is 13.8 Å². The van der Waals surface area contributed by atoms with Gasteiger partial charge < -0.3 is 5.73 Å². The van der Waals surface area contributed by atoms with Crippen LogP contribution in [0.1, 0.15) is 46.0 Å². The molecule has 2 rings (SSSR count). The van der Waals surface area contributed by atoms with Crippen molar-refractivity contribution in [3.63, 3.8) is 0 Å². The molecular formula is C11H22N2O2S. The molecule has 1 heterocycles. The Morgan fingerprint density at radius 2 is 1.81 bits per heavy atom. The molecule has 5 heteroatoms. The lowest BCUT2D eigenvalue weighted by molar-refractivity contribution is 0.139. The zero-order chi connectivity index (χ0) is 12.0. The van der Waals surface area contributed by atoms with Gasteiger partial charge in [-0.1, -0.05) is 6.42 Å². The maximum absolute atomic E-state index is 12.4. The number of sulfonamides is 1. The third kappa shape index (κ3) is 1.79. The summed E-state index contributed by atoms with van der Waals surface area (Å²) in [4.78, 5) is 0. The highest BCUT2D eigenvalue weighted by molar-refractivity contribution is 7.89. The highest BCUT2D eigenvalue weighted by Crippen LogP contribution is 2.36.